The van der Waals surface area contributed by atoms with Crippen LogP contribution in [0.3, 0.4) is 0 Å². The number of hydrogen-bond acceptors (Lipinski definition) is 0. The SMILES string of the molecule is BC(CC)[PH](CC)(CC)CC. The molecule has 2 heteroatoms. The van der Waals surface area contributed by atoms with Gasteiger partial charge in [-0.05, 0) is 0 Å². The summed E-state index contributed by atoms with van der Waals surface area (Å²) in [6, 6.07) is 0. The Kier molecular flexibility index (Phi) is 5.43. The van der Waals surface area contributed by atoms with Gasteiger partial charge in [0, 0.05) is 0 Å². The third kappa shape index (κ3) is 2.47. The van der Waals surface area contributed by atoms with Gasteiger partial charge in [0.1, 0.15) is 0 Å². The normalized spacial score (nSPS) is 16.4. The molecular formula is C9H24BP. The fourth-order valence-corrected chi connectivity index (χ4v) is 6.69. The average Bonchev–Trinajstić information content (AvgIpc) is 2.08. The van der Waals surface area contributed by atoms with Crippen molar-refractivity contribution in [1.29, 1.82) is 0 Å². The minimum atomic E-state index is -0.821. The van der Waals surface area contributed by atoms with Gasteiger partial charge < -0.3 is 0 Å². The van der Waals surface area contributed by atoms with E-state index in [0.29, 0.717) is 0 Å². The first-order valence-corrected chi connectivity index (χ1v) is 7.86. The Labute approximate surface area is 73.9 Å². The first-order valence-electron chi connectivity index (χ1n) is 5.16. The van der Waals surface area contributed by atoms with Gasteiger partial charge in [0.05, 0.1) is 0 Å². The zero-order valence-corrected chi connectivity index (χ0v) is 9.91. The molecular weight excluding hydrogens is 150 g/mol. The summed E-state index contributed by atoms with van der Waals surface area (Å²) in [5, 5.41) is 0. The Morgan fingerprint density at radius 3 is 1.45 bits per heavy atom. The third-order valence-corrected chi connectivity index (χ3v) is 10.5. The fraction of sp³-hybridized carbons (Fsp3) is 1.00. The molecule has 0 N–H and O–H groups in total. The molecule has 11 heavy (non-hydrogen) atoms. The molecule has 0 aromatic carbocycles. The van der Waals surface area contributed by atoms with Crippen LogP contribution in [-0.4, -0.2) is 31.9 Å². The van der Waals surface area contributed by atoms with E-state index in [2.05, 4.69) is 35.5 Å². The van der Waals surface area contributed by atoms with Crippen molar-refractivity contribution in [1.82, 2.24) is 0 Å². The van der Waals surface area contributed by atoms with E-state index in [1.807, 2.05) is 0 Å². The molecule has 0 amide bonds. The van der Waals surface area contributed by atoms with Crippen LogP contribution >= 0.6 is 7.26 Å². The molecule has 0 aromatic rings. The van der Waals surface area contributed by atoms with E-state index < -0.39 is 7.26 Å². The summed E-state index contributed by atoms with van der Waals surface area (Å²) >= 11 is 0. The van der Waals surface area contributed by atoms with Gasteiger partial charge in [-0.1, -0.05) is 0 Å². The van der Waals surface area contributed by atoms with Gasteiger partial charge in [-0.15, -0.1) is 0 Å². The summed E-state index contributed by atoms with van der Waals surface area (Å²) in [6.07, 6.45) is 5.83. The Balaban J connectivity index is 4.26. The molecule has 0 aliphatic rings. The van der Waals surface area contributed by atoms with Gasteiger partial charge in [0.2, 0.25) is 0 Å². The molecule has 0 rings (SSSR count). The van der Waals surface area contributed by atoms with Crippen molar-refractivity contribution in [3.63, 3.8) is 0 Å². The summed E-state index contributed by atoms with van der Waals surface area (Å²) in [5.41, 5.74) is 1.03. The zero-order valence-electron chi connectivity index (χ0n) is 8.91. The number of rotatable bonds is 5. The van der Waals surface area contributed by atoms with Crippen molar-refractivity contribution >= 4 is 15.1 Å². The molecule has 0 fully saturated rings. The van der Waals surface area contributed by atoms with Crippen molar-refractivity contribution in [2.75, 3.05) is 18.5 Å². The standard InChI is InChI=1S/C9H24BP/c1-5-9(10)11(6-2,7-3)8-4/h9,11H,5-8,10H2,1-4H3. The van der Waals surface area contributed by atoms with Crippen LogP contribution in [0.15, 0.2) is 0 Å². The molecule has 0 aliphatic heterocycles. The number of hydrogen-bond donors (Lipinski definition) is 0. The van der Waals surface area contributed by atoms with E-state index in [-0.39, 0.29) is 0 Å². The van der Waals surface area contributed by atoms with Crippen LogP contribution in [0.4, 0.5) is 0 Å². The third-order valence-electron chi connectivity index (χ3n) is 3.77. The average molecular weight is 174 g/mol. The molecule has 0 bridgehead atoms. The molecule has 0 heterocycles. The van der Waals surface area contributed by atoms with E-state index >= 15 is 0 Å². The zero-order chi connectivity index (χ0) is 8.91. The molecule has 0 nitrogen and oxygen atoms in total. The van der Waals surface area contributed by atoms with Gasteiger partial charge in [-0.3, -0.25) is 0 Å². The maximum atomic E-state index is 2.46. The molecule has 1 atom stereocenters. The van der Waals surface area contributed by atoms with Crippen LogP contribution in [0.25, 0.3) is 0 Å². The van der Waals surface area contributed by atoms with Crippen LogP contribution in [0.1, 0.15) is 34.1 Å². The van der Waals surface area contributed by atoms with E-state index in [9.17, 15) is 0 Å². The summed E-state index contributed by atoms with van der Waals surface area (Å²) < 4.78 is 0. The Hall–Kier alpha value is 0.495. The van der Waals surface area contributed by atoms with Gasteiger partial charge in [-0.25, -0.2) is 0 Å². The first kappa shape index (κ1) is 11.5. The van der Waals surface area contributed by atoms with E-state index in [1.54, 1.807) is 0 Å². The maximum absolute atomic E-state index is 2.46. The van der Waals surface area contributed by atoms with Crippen LogP contribution in [0.2, 0.25) is 0 Å². The monoisotopic (exact) mass is 174 g/mol. The van der Waals surface area contributed by atoms with Crippen LogP contribution in [0.5, 0.6) is 0 Å². The van der Waals surface area contributed by atoms with Gasteiger partial charge in [-0.2, -0.15) is 0 Å². The molecule has 0 spiro atoms. The molecule has 0 radical (unpaired) electrons. The topological polar surface area (TPSA) is 0 Å². The van der Waals surface area contributed by atoms with E-state index in [0.717, 1.165) is 5.56 Å². The van der Waals surface area contributed by atoms with Crippen molar-refractivity contribution in [3.05, 3.63) is 0 Å². The summed E-state index contributed by atoms with van der Waals surface area (Å²) in [6.45, 7) is 9.52. The van der Waals surface area contributed by atoms with Gasteiger partial charge >= 0.3 is 73.3 Å². The molecule has 0 saturated heterocycles. The summed E-state index contributed by atoms with van der Waals surface area (Å²) in [7, 11) is 1.64. The molecule has 1 unspecified atom stereocenters. The van der Waals surface area contributed by atoms with Gasteiger partial charge in [0.25, 0.3) is 0 Å². The second-order valence-electron chi connectivity index (χ2n) is 3.73. The predicted molar refractivity (Wildman–Crippen MR) is 62.6 cm³/mol. The van der Waals surface area contributed by atoms with E-state index in [1.165, 1.54) is 24.9 Å². The van der Waals surface area contributed by atoms with Crippen LogP contribution in [0, 0.1) is 0 Å². The van der Waals surface area contributed by atoms with Crippen LogP contribution < -0.4 is 0 Å². The van der Waals surface area contributed by atoms with Gasteiger partial charge in [0.15, 0.2) is 0 Å². The summed E-state index contributed by atoms with van der Waals surface area (Å²) in [4.78, 5) is 0. The molecule has 68 valence electrons. The van der Waals surface area contributed by atoms with E-state index in [4.69, 9.17) is 0 Å². The van der Waals surface area contributed by atoms with Crippen molar-refractivity contribution in [2.45, 2.75) is 39.7 Å². The second-order valence-corrected chi connectivity index (χ2v) is 9.56. The first-order chi connectivity index (χ1) is 5.16. The van der Waals surface area contributed by atoms with Crippen molar-refractivity contribution < 1.29 is 0 Å². The molecule has 0 saturated carbocycles. The fourth-order valence-electron chi connectivity index (χ4n) is 2.23. The Morgan fingerprint density at radius 1 is 1.00 bits per heavy atom. The Bertz CT molecular complexity index is 91.5. The second kappa shape index (κ2) is 5.20. The van der Waals surface area contributed by atoms with Crippen molar-refractivity contribution in [3.8, 4) is 0 Å². The van der Waals surface area contributed by atoms with Crippen LogP contribution in [-0.2, 0) is 0 Å². The van der Waals surface area contributed by atoms with Crippen molar-refractivity contribution in [2.24, 2.45) is 0 Å². The predicted octanol–water partition coefficient (Wildman–Crippen LogP) is 2.17. The minimum absolute atomic E-state index is 0.821. The Morgan fingerprint density at radius 2 is 1.36 bits per heavy atom. The molecule has 0 aromatic heterocycles. The quantitative estimate of drug-likeness (QED) is 0.442. The summed E-state index contributed by atoms with van der Waals surface area (Å²) in [5.74, 6) is 0. The molecule has 0 aliphatic carbocycles.